The highest BCUT2D eigenvalue weighted by molar-refractivity contribution is 7.92. The number of hydrogen-bond donors (Lipinski definition) is 3. The van der Waals surface area contributed by atoms with Crippen LogP contribution in [0.25, 0.3) is 0 Å². The Hall–Kier alpha value is -3.21. The van der Waals surface area contributed by atoms with Gasteiger partial charge in [0.15, 0.2) is 18.4 Å². The molecule has 2 aromatic rings. The number of rotatable bonds is 5. The summed E-state index contributed by atoms with van der Waals surface area (Å²) in [5.74, 6) is -0.745. The standard InChI is InChI=1S/C23H23N3O6S/c1-12(27)14-4-7-16(8-5-14)33(29,30)26-15-6-9-19-17(10-15)20-18(21-31-13(2)32-21)11-24-23(20,3)22(28)25-19/h4-11,13,20-21,24,26H,1-3H3,(H,25,28)/t13?,20?,21?,23-/m0/s1. The van der Waals surface area contributed by atoms with Crippen LogP contribution in [0, 0.1) is 0 Å². The Morgan fingerprint density at radius 3 is 2.45 bits per heavy atom. The zero-order chi connectivity index (χ0) is 23.5. The maximum Gasteiger partial charge on any atom is 0.261 e. The Balaban J connectivity index is 1.48. The summed E-state index contributed by atoms with van der Waals surface area (Å²) in [6.45, 7) is 4.99. The summed E-state index contributed by atoms with van der Waals surface area (Å²) in [7, 11) is -3.89. The molecule has 0 aromatic heterocycles. The fourth-order valence-corrected chi connectivity index (χ4v) is 5.50. The highest BCUT2D eigenvalue weighted by Crippen LogP contribution is 2.49. The van der Waals surface area contributed by atoms with Gasteiger partial charge in [0.05, 0.1) is 4.90 Å². The first kappa shape index (κ1) is 21.6. The summed E-state index contributed by atoms with van der Waals surface area (Å²) < 4.78 is 39.8. The minimum absolute atomic E-state index is 0.0386. The predicted molar refractivity (Wildman–Crippen MR) is 120 cm³/mol. The number of anilines is 2. The Kier molecular flexibility index (Phi) is 4.85. The van der Waals surface area contributed by atoms with Crippen molar-refractivity contribution in [3.8, 4) is 0 Å². The van der Waals surface area contributed by atoms with Gasteiger partial charge < -0.3 is 20.1 Å². The molecule has 2 atom stereocenters. The van der Waals surface area contributed by atoms with Gasteiger partial charge in [-0.05, 0) is 56.7 Å². The Morgan fingerprint density at radius 1 is 1.12 bits per heavy atom. The van der Waals surface area contributed by atoms with Gasteiger partial charge in [-0.25, -0.2) is 8.42 Å². The number of hydrogen-bond acceptors (Lipinski definition) is 7. The van der Waals surface area contributed by atoms with Crippen molar-refractivity contribution in [2.75, 3.05) is 10.0 Å². The van der Waals surface area contributed by atoms with Gasteiger partial charge in [0.25, 0.3) is 15.9 Å². The van der Waals surface area contributed by atoms with E-state index in [1.54, 1.807) is 38.2 Å². The molecule has 0 spiro atoms. The average molecular weight is 470 g/mol. The van der Waals surface area contributed by atoms with E-state index in [-0.39, 0.29) is 22.9 Å². The number of ether oxygens (including phenoxy) is 2. The Labute approximate surface area is 191 Å². The van der Waals surface area contributed by atoms with Gasteiger partial charge in [0.2, 0.25) is 0 Å². The van der Waals surface area contributed by atoms with Crippen LogP contribution in [0.15, 0.2) is 59.1 Å². The second-order valence-electron chi connectivity index (χ2n) is 8.54. The molecule has 33 heavy (non-hydrogen) atoms. The second kappa shape index (κ2) is 7.41. The molecule has 172 valence electrons. The molecule has 3 aliphatic heterocycles. The van der Waals surface area contributed by atoms with E-state index in [0.29, 0.717) is 16.9 Å². The lowest BCUT2D eigenvalue weighted by atomic mass is 9.74. The van der Waals surface area contributed by atoms with Crippen molar-refractivity contribution >= 4 is 33.1 Å². The number of amides is 1. The van der Waals surface area contributed by atoms with Crippen LogP contribution < -0.4 is 15.4 Å². The largest absolute Gasteiger partial charge is 0.377 e. The highest BCUT2D eigenvalue weighted by atomic mass is 32.2. The van der Waals surface area contributed by atoms with E-state index >= 15 is 0 Å². The smallest absolute Gasteiger partial charge is 0.261 e. The molecular weight excluding hydrogens is 446 g/mol. The lowest BCUT2D eigenvalue weighted by Crippen LogP contribution is -2.55. The molecule has 3 heterocycles. The lowest BCUT2D eigenvalue weighted by Gasteiger charge is -2.42. The zero-order valence-corrected chi connectivity index (χ0v) is 19.0. The van der Waals surface area contributed by atoms with Gasteiger partial charge in [-0.15, -0.1) is 0 Å². The SMILES string of the molecule is CC(=O)c1ccc(S(=O)(=O)Nc2ccc3c(c2)C2C(C4OC(C)O4)=CN[C@]2(C)C(=O)N3)cc1. The predicted octanol–water partition coefficient (Wildman–Crippen LogP) is 2.69. The normalized spacial score (nSPS) is 27.9. The van der Waals surface area contributed by atoms with E-state index in [0.717, 1.165) is 11.1 Å². The number of nitrogens with one attached hydrogen (secondary N) is 3. The molecular formula is C23H23N3O6S. The van der Waals surface area contributed by atoms with Crippen molar-refractivity contribution < 1.29 is 27.5 Å². The molecule has 3 aliphatic rings. The number of fused-ring (bicyclic) bond motifs is 3. The fourth-order valence-electron chi connectivity index (χ4n) is 4.45. The maximum atomic E-state index is 12.9. The molecule has 9 nitrogen and oxygen atoms in total. The van der Waals surface area contributed by atoms with Crippen LogP contribution in [0.2, 0.25) is 0 Å². The van der Waals surface area contributed by atoms with Gasteiger partial charge >= 0.3 is 0 Å². The number of carbonyl (C=O) groups excluding carboxylic acids is 2. The van der Waals surface area contributed by atoms with Crippen molar-refractivity contribution in [2.24, 2.45) is 0 Å². The first-order valence-electron chi connectivity index (χ1n) is 10.5. The van der Waals surface area contributed by atoms with Crippen molar-refractivity contribution in [3.63, 3.8) is 0 Å². The molecule has 0 saturated carbocycles. The lowest BCUT2D eigenvalue weighted by molar-refractivity contribution is -0.360. The van der Waals surface area contributed by atoms with Crippen LogP contribution in [0.4, 0.5) is 11.4 Å². The monoisotopic (exact) mass is 469 g/mol. The van der Waals surface area contributed by atoms with E-state index in [1.807, 2.05) is 0 Å². The summed E-state index contributed by atoms with van der Waals surface area (Å²) >= 11 is 0. The summed E-state index contributed by atoms with van der Waals surface area (Å²) in [5, 5.41) is 6.04. The van der Waals surface area contributed by atoms with Gasteiger partial charge in [0, 0.05) is 34.6 Å². The molecule has 0 bridgehead atoms. The summed E-state index contributed by atoms with van der Waals surface area (Å²) in [5.41, 5.74) is 1.92. The number of ketones is 1. The zero-order valence-electron chi connectivity index (χ0n) is 18.2. The van der Waals surface area contributed by atoms with Crippen LogP contribution in [0.5, 0.6) is 0 Å². The van der Waals surface area contributed by atoms with Gasteiger partial charge in [0.1, 0.15) is 5.54 Å². The molecule has 3 N–H and O–H groups in total. The van der Waals surface area contributed by atoms with Crippen molar-refractivity contribution in [3.05, 3.63) is 65.4 Å². The molecule has 1 amide bonds. The fraction of sp³-hybridized carbons (Fsp3) is 0.304. The number of carbonyl (C=O) groups is 2. The molecule has 2 aromatic carbocycles. The minimum Gasteiger partial charge on any atom is -0.377 e. The third kappa shape index (κ3) is 3.50. The average Bonchev–Trinajstić information content (AvgIpc) is 3.11. The minimum atomic E-state index is -3.89. The van der Waals surface area contributed by atoms with Gasteiger partial charge in [-0.3, -0.25) is 14.3 Å². The summed E-state index contributed by atoms with van der Waals surface area (Å²) in [6.07, 6.45) is 0.842. The van der Waals surface area contributed by atoms with Crippen LogP contribution in [0.1, 0.15) is 42.6 Å². The molecule has 0 aliphatic carbocycles. The van der Waals surface area contributed by atoms with E-state index in [4.69, 9.17) is 9.47 Å². The third-order valence-corrected chi connectivity index (χ3v) is 7.66. The Bertz CT molecular complexity index is 1300. The van der Waals surface area contributed by atoms with Crippen molar-refractivity contribution in [1.29, 1.82) is 0 Å². The number of benzene rings is 2. The maximum absolute atomic E-state index is 12.9. The first-order valence-corrected chi connectivity index (χ1v) is 11.9. The molecule has 1 fully saturated rings. The molecule has 1 saturated heterocycles. The first-order chi connectivity index (χ1) is 15.6. The van der Waals surface area contributed by atoms with E-state index < -0.39 is 27.8 Å². The highest BCUT2D eigenvalue weighted by Gasteiger charge is 2.54. The quantitative estimate of drug-likeness (QED) is 0.576. The van der Waals surface area contributed by atoms with Crippen LogP contribution in [-0.4, -0.2) is 38.2 Å². The van der Waals surface area contributed by atoms with E-state index in [1.165, 1.54) is 31.2 Å². The van der Waals surface area contributed by atoms with Crippen LogP contribution in [-0.2, 0) is 24.3 Å². The van der Waals surface area contributed by atoms with Crippen LogP contribution in [0.3, 0.4) is 0 Å². The molecule has 5 rings (SSSR count). The van der Waals surface area contributed by atoms with Crippen molar-refractivity contribution in [2.45, 2.75) is 49.7 Å². The van der Waals surface area contributed by atoms with Crippen molar-refractivity contribution in [1.82, 2.24) is 5.32 Å². The van der Waals surface area contributed by atoms with Gasteiger partial charge in [-0.1, -0.05) is 12.1 Å². The molecule has 10 heteroatoms. The summed E-state index contributed by atoms with van der Waals surface area (Å²) in [6, 6.07) is 10.7. The third-order valence-electron chi connectivity index (χ3n) is 6.26. The van der Waals surface area contributed by atoms with E-state index in [9.17, 15) is 18.0 Å². The summed E-state index contributed by atoms with van der Waals surface area (Å²) in [4.78, 5) is 24.4. The van der Waals surface area contributed by atoms with E-state index in [2.05, 4.69) is 15.4 Å². The second-order valence-corrected chi connectivity index (χ2v) is 10.2. The molecule has 0 radical (unpaired) electrons. The topological polar surface area (TPSA) is 123 Å². The van der Waals surface area contributed by atoms with Crippen LogP contribution >= 0.6 is 0 Å². The molecule has 1 unspecified atom stereocenters. The van der Waals surface area contributed by atoms with Gasteiger partial charge in [-0.2, -0.15) is 0 Å². The number of Topliss-reactive ketones (excluding diaryl/α,β-unsaturated/α-hetero) is 1. The number of sulfonamides is 1. The Morgan fingerprint density at radius 2 is 1.82 bits per heavy atom.